The highest BCUT2D eigenvalue weighted by Gasteiger charge is 2.36. The molecular weight excluding hydrogens is 418 g/mol. The van der Waals surface area contributed by atoms with Crippen LogP contribution in [0, 0.1) is 6.92 Å². The summed E-state index contributed by atoms with van der Waals surface area (Å²) in [4.78, 5) is 27.8. The van der Waals surface area contributed by atoms with Gasteiger partial charge in [-0.1, -0.05) is 30.3 Å². The summed E-state index contributed by atoms with van der Waals surface area (Å²) >= 11 is 0. The topological polar surface area (TPSA) is 95.1 Å². The molecule has 3 aromatic rings. The van der Waals surface area contributed by atoms with Gasteiger partial charge in [0.15, 0.2) is 5.76 Å². The first kappa shape index (κ1) is 21.0. The van der Waals surface area contributed by atoms with E-state index in [1.165, 1.54) is 12.1 Å². The van der Waals surface area contributed by atoms with Gasteiger partial charge < -0.3 is 14.4 Å². The zero-order chi connectivity index (χ0) is 23.1. The molecule has 0 fully saturated rings. The number of phenols is 1. The van der Waals surface area contributed by atoms with E-state index in [2.05, 4.69) is 16.6 Å². The fourth-order valence-electron chi connectivity index (χ4n) is 4.81. The van der Waals surface area contributed by atoms with E-state index < -0.39 is 5.91 Å². The van der Waals surface area contributed by atoms with Gasteiger partial charge in [-0.25, -0.2) is 5.43 Å². The maximum atomic E-state index is 13.5. The summed E-state index contributed by atoms with van der Waals surface area (Å²) in [5.74, 6) is 0.291. The molecule has 0 bridgehead atoms. The monoisotopic (exact) mass is 443 g/mol. The standard InChI is InChI=1S/C26H25N3O4/c1-15-14-17-8-3-5-11-20(17)29(15)26(32)24-16(2)23-19(10-7-13-22(23)33-24)27-28-25(31)18-9-4-6-12-21(18)30/h3-6,8-9,11-12,15,30H,7,10,13-14H2,1-2H3,(H,28,31)/b27-19+. The van der Waals surface area contributed by atoms with Crippen LogP contribution in [0.3, 0.4) is 0 Å². The van der Waals surface area contributed by atoms with Gasteiger partial charge in [-0.3, -0.25) is 9.59 Å². The Morgan fingerprint density at radius 3 is 2.70 bits per heavy atom. The first-order valence-corrected chi connectivity index (χ1v) is 11.1. The number of benzene rings is 2. The van der Waals surface area contributed by atoms with E-state index in [1.807, 2.05) is 36.9 Å². The predicted molar refractivity (Wildman–Crippen MR) is 125 cm³/mol. The number of para-hydroxylation sites is 2. The van der Waals surface area contributed by atoms with Crippen LogP contribution in [0.15, 0.2) is 58.0 Å². The van der Waals surface area contributed by atoms with Crippen molar-refractivity contribution in [3.8, 4) is 5.75 Å². The molecule has 2 aromatic carbocycles. The van der Waals surface area contributed by atoms with Crippen molar-refractivity contribution in [3.63, 3.8) is 0 Å². The molecule has 1 atom stereocenters. The number of fused-ring (bicyclic) bond motifs is 2. The van der Waals surface area contributed by atoms with Crippen molar-refractivity contribution in [2.24, 2.45) is 5.10 Å². The van der Waals surface area contributed by atoms with Gasteiger partial charge in [-0.05, 0) is 56.9 Å². The molecule has 0 radical (unpaired) electrons. The lowest BCUT2D eigenvalue weighted by atomic mass is 9.93. The van der Waals surface area contributed by atoms with Crippen molar-refractivity contribution in [1.82, 2.24) is 5.43 Å². The number of anilines is 1. The van der Waals surface area contributed by atoms with Crippen molar-refractivity contribution < 1.29 is 19.1 Å². The second-order valence-corrected chi connectivity index (χ2v) is 8.58. The molecule has 1 unspecified atom stereocenters. The van der Waals surface area contributed by atoms with E-state index in [0.717, 1.165) is 41.0 Å². The van der Waals surface area contributed by atoms with Crippen LogP contribution in [-0.2, 0) is 12.8 Å². The normalized spacial score (nSPS) is 18.2. The summed E-state index contributed by atoms with van der Waals surface area (Å²) < 4.78 is 6.09. The second kappa shape index (κ2) is 8.24. The quantitative estimate of drug-likeness (QED) is 0.588. The number of nitrogens with zero attached hydrogens (tertiary/aromatic N) is 2. The van der Waals surface area contributed by atoms with E-state index in [-0.39, 0.29) is 23.3 Å². The molecule has 7 nitrogen and oxygen atoms in total. The number of rotatable bonds is 3. The number of aryl methyl sites for hydroxylation is 1. The Hall–Kier alpha value is -3.87. The van der Waals surface area contributed by atoms with Gasteiger partial charge in [0.05, 0.1) is 11.3 Å². The lowest BCUT2D eigenvalue weighted by Crippen LogP contribution is -2.35. The molecule has 5 rings (SSSR count). The van der Waals surface area contributed by atoms with Crippen molar-refractivity contribution >= 4 is 23.2 Å². The zero-order valence-electron chi connectivity index (χ0n) is 18.6. The van der Waals surface area contributed by atoms with E-state index in [9.17, 15) is 14.7 Å². The molecule has 0 saturated heterocycles. The minimum absolute atomic E-state index is 0.0439. The van der Waals surface area contributed by atoms with Crippen molar-refractivity contribution in [3.05, 3.63) is 82.3 Å². The molecule has 2 amide bonds. The van der Waals surface area contributed by atoms with Gasteiger partial charge in [0.25, 0.3) is 11.8 Å². The number of carbonyl (C=O) groups is 2. The van der Waals surface area contributed by atoms with Gasteiger partial charge in [-0.2, -0.15) is 5.10 Å². The third-order valence-electron chi connectivity index (χ3n) is 6.39. The van der Waals surface area contributed by atoms with Gasteiger partial charge in [-0.15, -0.1) is 0 Å². The van der Waals surface area contributed by atoms with Crippen LogP contribution in [0.4, 0.5) is 5.69 Å². The van der Waals surface area contributed by atoms with Crippen LogP contribution in [0.1, 0.15) is 63.1 Å². The smallest absolute Gasteiger partial charge is 0.294 e. The molecule has 1 aromatic heterocycles. The van der Waals surface area contributed by atoms with Crippen LogP contribution in [-0.4, -0.2) is 28.7 Å². The second-order valence-electron chi connectivity index (χ2n) is 8.58. The minimum Gasteiger partial charge on any atom is -0.507 e. The molecule has 1 aliphatic carbocycles. The Labute approximate surface area is 191 Å². The number of phenolic OH excluding ortho intramolecular Hbond substituents is 1. The third-order valence-corrected chi connectivity index (χ3v) is 6.39. The molecule has 33 heavy (non-hydrogen) atoms. The molecular formula is C26H25N3O4. The molecule has 168 valence electrons. The number of amides is 2. The van der Waals surface area contributed by atoms with Crippen LogP contribution in [0.5, 0.6) is 5.75 Å². The summed E-state index contributed by atoms with van der Waals surface area (Å²) in [6, 6.07) is 14.3. The SMILES string of the molecule is Cc1c(C(=O)N2c3ccccc3CC2C)oc2c1/C(=N/NC(=O)c1ccccc1O)CCC2. The van der Waals surface area contributed by atoms with Gasteiger partial charge in [0.2, 0.25) is 0 Å². The van der Waals surface area contributed by atoms with Crippen molar-refractivity contribution in [2.75, 3.05) is 4.90 Å². The lowest BCUT2D eigenvalue weighted by Gasteiger charge is -2.21. The van der Waals surface area contributed by atoms with E-state index >= 15 is 0 Å². The summed E-state index contributed by atoms with van der Waals surface area (Å²) in [6.45, 7) is 3.91. The van der Waals surface area contributed by atoms with Gasteiger partial charge in [0, 0.05) is 29.3 Å². The predicted octanol–water partition coefficient (Wildman–Crippen LogP) is 4.36. The number of aromatic hydroxyl groups is 1. The third kappa shape index (κ3) is 3.59. The van der Waals surface area contributed by atoms with Crippen LogP contribution >= 0.6 is 0 Å². The molecule has 2 N–H and O–H groups in total. The van der Waals surface area contributed by atoms with Crippen molar-refractivity contribution in [2.45, 2.75) is 45.6 Å². The van der Waals surface area contributed by atoms with Crippen LogP contribution < -0.4 is 10.3 Å². The Morgan fingerprint density at radius 2 is 1.88 bits per heavy atom. The summed E-state index contributed by atoms with van der Waals surface area (Å²) in [7, 11) is 0. The highest BCUT2D eigenvalue weighted by Crippen LogP contribution is 2.36. The van der Waals surface area contributed by atoms with Crippen LogP contribution in [0.2, 0.25) is 0 Å². The van der Waals surface area contributed by atoms with E-state index in [1.54, 1.807) is 12.1 Å². The largest absolute Gasteiger partial charge is 0.507 e. The Balaban J connectivity index is 1.45. The molecule has 0 spiro atoms. The summed E-state index contributed by atoms with van der Waals surface area (Å²) in [6.07, 6.45) is 2.99. The maximum Gasteiger partial charge on any atom is 0.294 e. The van der Waals surface area contributed by atoms with E-state index in [4.69, 9.17) is 4.42 Å². The number of furan rings is 1. The lowest BCUT2D eigenvalue weighted by molar-refractivity contribution is 0.0944. The molecule has 0 saturated carbocycles. The fraction of sp³-hybridized carbons (Fsp3) is 0.269. The number of hydrogen-bond acceptors (Lipinski definition) is 5. The molecule has 7 heteroatoms. The van der Waals surface area contributed by atoms with Gasteiger partial charge >= 0.3 is 0 Å². The summed E-state index contributed by atoms with van der Waals surface area (Å²) in [5.41, 5.74) is 6.98. The number of nitrogens with one attached hydrogen (secondary N) is 1. The highest BCUT2D eigenvalue weighted by molar-refractivity contribution is 6.11. The fourth-order valence-corrected chi connectivity index (χ4v) is 4.81. The molecule has 2 heterocycles. The Kier molecular flexibility index (Phi) is 5.24. The first-order chi connectivity index (χ1) is 16.0. The Morgan fingerprint density at radius 1 is 1.12 bits per heavy atom. The maximum absolute atomic E-state index is 13.5. The summed E-state index contributed by atoms with van der Waals surface area (Å²) in [5, 5.41) is 14.3. The van der Waals surface area contributed by atoms with Crippen molar-refractivity contribution in [1.29, 1.82) is 0 Å². The highest BCUT2D eigenvalue weighted by atomic mass is 16.4. The van der Waals surface area contributed by atoms with Gasteiger partial charge in [0.1, 0.15) is 11.5 Å². The molecule has 1 aliphatic heterocycles. The number of hydrogen-bond donors (Lipinski definition) is 2. The molecule has 2 aliphatic rings. The Bertz CT molecular complexity index is 1290. The average Bonchev–Trinajstić information content (AvgIpc) is 3.34. The average molecular weight is 444 g/mol. The number of carbonyl (C=O) groups excluding carboxylic acids is 2. The minimum atomic E-state index is -0.493. The van der Waals surface area contributed by atoms with E-state index in [0.29, 0.717) is 24.3 Å². The van der Waals surface area contributed by atoms with Crippen LogP contribution in [0.25, 0.3) is 0 Å². The number of hydrazone groups is 1. The first-order valence-electron chi connectivity index (χ1n) is 11.1. The zero-order valence-corrected chi connectivity index (χ0v) is 18.6.